The van der Waals surface area contributed by atoms with Crippen LogP contribution in [-0.4, -0.2) is 28.9 Å². The van der Waals surface area contributed by atoms with Gasteiger partial charge in [0.2, 0.25) is 0 Å². The second-order valence-electron chi connectivity index (χ2n) is 4.74. The molecule has 1 aromatic carbocycles. The van der Waals surface area contributed by atoms with Crippen LogP contribution in [0.3, 0.4) is 0 Å². The standard InChI is InChI=1S/C13H15ClN4S.HI/c1-18(9-3-4-9)13(15)16-7-12-17-10-6-8(14)2-5-11(10)19-12;/h2,5-6,9H,3-4,7H2,1H3,(H2,15,16);1H. The third-order valence-corrected chi connectivity index (χ3v) is 4.48. The number of nitrogens with zero attached hydrogens (tertiary/aromatic N) is 3. The van der Waals surface area contributed by atoms with Crippen LogP contribution in [0.25, 0.3) is 10.2 Å². The highest BCUT2D eigenvalue weighted by Gasteiger charge is 2.27. The predicted molar refractivity (Wildman–Crippen MR) is 96.2 cm³/mol. The van der Waals surface area contributed by atoms with Crippen molar-refractivity contribution >= 4 is 63.1 Å². The van der Waals surface area contributed by atoms with Gasteiger partial charge in [-0.05, 0) is 31.0 Å². The molecule has 1 fully saturated rings. The number of guanidine groups is 1. The first-order valence-corrected chi connectivity index (χ1v) is 7.40. The van der Waals surface area contributed by atoms with E-state index in [1.165, 1.54) is 12.8 Å². The van der Waals surface area contributed by atoms with Crippen molar-refractivity contribution in [3.63, 3.8) is 0 Å². The maximum absolute atomic E-state index is 5.96. The number of aromatic nitrogens is 1. The Morgan fingerprint density at radius 2 is 2.30 bits per heavy atom. The summed E-state index contributed by atoms with van der Waals surface area (Å²) in [5.74, 6) is 0.597. The normalized spacial score (nSPS) is 15.2. The molecule has 0 spiro atoms. The fourth-order valence-corrected chi connectivity index (χ4v) is 2.96. The van der Waals surface area contributed by atoms with Crippen molar-refractivity contribution in [2.24, 2.45) is 10.7 Å². The minimum atomic E-state index is 0. The van der Waals surface area contributed by atoms with E-state index in [1.807, 2.05) is 30.1 Å². The maximum atomic E-state index is 5.96. The number of nitrogens with two attached hydrogens (primary N) is 1. The quantitative estimate of drug-likeness (QED) is 0.468. The molecular weight excluding hydrogens is 407 g/mol. The second-order valence-corrected chi connectivity index (χ2v) is 6.29. The molecule has 7 heteroatoms. The summed E-state index contributed by atoms with van der Waals surface area (Å²) in [6, 6.07) is 6.32. The van der Waals surface area contributed by atoms with Gasteiger partial charge < -0.3 is 10.6 Å². The van der Waals surface area contributed by atoms with Crippen LogP contribution in [0.5, 0.6) is 0 Å². The van der Waals surface area contributed by atoms with Crippen molar-refractivity contribution in [2.75, 3.05) is 7.05 Å². The van der Waals surface area contributed by atoms with Crippen molar-refractivity contribution in [3.05, 3.63) is 28.2 Å². The molecular formula is C13H16ClIN4S. The molecule has 0 radical (unpaired) electrons. The lowest BCUT2D eigenvalue weighted by Gasteiger charge is -2.16. The molecule has 20 heavy (non-hydrogen) atoms. The van der Waals surface area contributed by atoms with Gasteiger partial charge in [-0.3, -0.25) is 0 Å². The number of aliphatic imine (C=N–C) groups is 1. The fraction of sp³-hybridized carbons (Fsp3) is 0.385. The van der Waals surface area contributed by atoms with Crippen LogP contribution in [0, 0.1) is 0 Å². The number of thiazole rings is 1. The molecule has 0 amide bonds. The van der Waals surface area contributed by atoms with E-state index >= 15 is 0 Å². The lowest BCUT2D eigenvalue weighted by Crippen LogP contribution is -2.35. The second kappa shape index (κ2) is 6.44. The zero-order chi connectivity index (χ0) is 13.4. The van der Waals surface area contributed by atoms with Gasteiger partial charge in [-0.25, -0.2) is 9.98 Å². The molecule has 2 N–H and O–H groups in total. The zero-order valence-electron chi connectivity index (χ0n) is 11.0. The van der Waals surface area contributed by atoms with Crippen molar-refractivity contribution in [1.29, 1.82) is 0 Å². The minimum absolute atomic E-state index is 0. The van der Waals surface area contributed by atoms with Gasteiger partial charge in [0.1, 0.15) is 5.01 Å². The first kappa shape index (κ1) is 15.8. The first-order valence-electron chi connectivity index (χ1n) is 6.21. The monoisotopic (exact) mass is 422 g/mol. The summed E-state index contributed by atoms with van der Waals surface area (Å²) in [7, 11) is 1.99. The summed E-state index contributed by atoms with van der Waals surface area (Å²) in [6.07, 6.45) is 2.43. The van der Waals surface area contributed by atoms with Gasteiger partial charge >= 0.3 is 0 Å². The van der Waals surface area contributed by atoms with Crippen LogP contribution in [0.15, 0.2) is 23.2 Å². The van der Waals surface area contributed by atoms with E-state index in [0.29, 0.717) is 23.6 Å². The van der Waals surface area contributed by atoms with Gasteiger partial charge in [-0.2, -0.15) is 0 Å². The Hall–Kier alpha value is -0.600. The number of rotatable bonds is 3. The molecule has 0 aliphatic heterocycles. The summed E-state index contributed by atoms with van der Waals surface area (Å²) in [5, 5.41) is 1.67. The largest absolute Gasteiger partial charge is 0.370 e. The fourth-order valence-electron chi connectivity index (χ4n) is 1.92. The highest BCUT2D eigenvalue weighted by atomic mass is 127. The Labute approximate surface area is 144 Å². The first-order chi connectivity index (χ1) is 9.13. The molecule has 3 rings (SSSR count). The van der Waals surface area contributed by atoms with Crippen molar-refractivity contribution in [3.8, 4) is 0 Å². The van der Waals surface area contributed by atoms with Gasteiger partial charge in [0.15, 0.2) is 5.96 Å². The third-order valence-electron chi connectivity index (χ3n) is 3.23. The van der Waals surface area contributed by atoms with E-state index in [1.54, 1.807) is 11.3 Å². The van der Waals surface area contributed by atoms with E-state index in [2.05, 4.69) is 9.98 Å². The third kappa shape index (κ3) is 3.53. The molecule has 1 aromatic heterocycles. The average Bonchev–Trinajstić information content (AvgIpc) is 3.16. The molecule has 0 unspecified atom stereocenters. The number of hydrogen-bond acceptors (Lipinski definition) is 3. The molecule has 0 bridgehead atoms. The van der Waals surface area contributed by atoms with Crippen LogP contribution in [0.2, 0.25) is 5.02 Å². The van der Waals surface area contributed by atoms with Crippen LogP contribution in [0.1, 0.15) is 17.8 Å². The van der Waals surface area contributed by atoms with E-state index in [0.717, 1.165) is 15.2 Å². The Morgan fingerprint density at radius 3 is 3.00 bits per heavy atom. The predicted octanol–water partition coefficient (Wildman–Crippen LogP) is 3.48. The topological polar surface area (TPSA) is 54.5 Å². The molecule has 1 aliphatic rings. The van der Waals surface area contributed by atoms with Gasteiger partial charge in [0, 0.05) is 18.1 Å². The summed E-state index contributed by atoms with van der Waals surface area (Å²) in [4.78, 5) is 11.0. The van der Waals surface area contributed by atoms with Gasteiger partial charge in [-0.1, -0.05) is 11.6 Å². The van der Waals surface area contributed by atoms with E-state index in [4.69, 9.17) is 17.3 Å². The number of fused-ring (bicyclic) bond motifs is 1. The molecule has 4 nitrogen and oxygen atoms in total. The Morgan fingerprint density at radius 1 is 1.55 bits per heavy atom. The van der Waals surface area contributed by atoms with Crippen LogP contribution < -0.4 is 5.73 Å². The lowest BCUT2D eigenvalue weighted by atomic mass is 10.3. The maximum Gasteiger partial charge on any atom is 0.191 e. The molecule has 1 heterocycles. The molecule has 1 saturated carbocycles. The molecule has 1 aliphatic carbocycles. The van der Waals surface area contributed by atoms with E-state index < -0.39 is 0 Å². The molecule has 0 atom stereocenters. The van der Waals surface area contributed by atoms with E-state index in [9.17, 15) is 0 Å². The van der Waals surface area contributed by atoms with Crippen molar-refractivity contribution in [2.45, 2.75) is 25.4 Å². The summed E-state index contributed by atoms with van der Waals surface area (Å²) >= 11 is 7.58. The highest BCUT2D eigenvalue weighted by molar-refractivity contribution is 14.0. The average molecular weight is 423 g/mol. The van der Waals surface area contributed by atoms with Crippen molar-refractivity contribution in [1.82, 2.24) is 9.88 Å². The Kier molecular flexibility index (Phi) is 5.09. The highest BCUT2D eigenvalue weighted by Crippen LogP contribution is 2.26. The Balaban J connectivity index is 0.00000147. The number of hydrogen-bond donors (Lipinski definition) is 1. The van der Waals surface area contributed by atoms with Crippen LogP contribution >= 0.6 is 46.9 Å². The lowest BCUT2D eigenvalue weighted by molar-refractivity contribution is 0.487. The van der Waals surface area contributed by atoms with Crippen LogP contribution in [-0.2, 0) is 6.54 Å². The van der Waals surface area contributed by atoms with E-state index in [-0.39, 0.29) is 24.0 Å². The van der Waals surface area contributed by atoms with Gasteiger partial charge in [0.25, 0.3) is 0 Å². The summed E-state index contributed by atoms with van der Waals surface area (Å²) in [5.41, 5.74) is 6.88. The zero-order valence-corrected chi connectivity index (χ0v) is 14.9. The minimum Gasteiger partial charge on any atom is -0.370 e. The molecule has 0 saturated heterocycles. The van der Waals surface area contributed by atoms with Crippen molar-refractivity contribution < 1.29 is 0 Å². The number of benzene rings is 1. The molecule has 2 aromatic rings. The summed E-state index contributed by atoms with van der Waals surface area (Å²) in [6.45, 7) is 0.528. The molecule has 108 valence electrons. The SMILES string of the molecule is CN(C(N)=NCc1nc2cc(Cl)ccc2s1)C1CC1.I. The smallest absolute Gasteiger partial charge is 0.191 e. The Bertz CT molecular complexity index is 638. The van der Waals surface area contributed by atoms with Gasteiger partial charge in [-0.15, -0.1) is 35.3 Å². The number of halogens is 2. The van der Waals surface area contributed by atoms with Crippen LogP contribution in [0.4, 0.5) is 0 Å². The summed E-state index contributed by atoms with van der Waals surface area (Å²) < 4.78 is 1.13. The van der Waals surface area contributed by atoms with Gasteiger partial charge in [0.05, 0.1) is 16.8 Å².